The molecule has 2 heterocycles. The van der Waals surface area contributed by atoms with Crippen LogP contribution in [0.5, 0.6) is 0 Å². The number of halogens is 1. The van der Waals surface area contributed by atoms with Gasteiger partial charge < -0.3 is 19.1 Å². The molecule has 0 radical (unpaired) electrons. The second-order valence-electron chi connectivity index (χ2n) is 9.83. The molecule has 1 aromatic heterocycles. The predicted octanol–water partition coefficient (Wildman–Crippen LogP) is 3.99. The van der Waals surface area contributed by atoms with Crippen molar-refractivity contribution in [3.05, 3.63) is 53.6 Å². The van der Waals surface area contributed by atoms with Crippen molar-refractivity contribution in [2.45, 2.75) is 57.7 Å². The maximum atomic E-state index is 13.6. The van der Waals surface area contributed by atoms with Crippen LogP contribution in [0.25, 0.3) is 0 Å². The number of unbranched alkanes of at least 4 members (excludes halogenated alkanes) is 1. The van der Waals surface area contributed by atoms with E-state index in [4.69, 9.17) is 4.74 Å². The summed E-state index contributed by atoms with van der Waals surface area (Å²) in [5, 5.41) is 0. The molecule has 2 aromatic rings. The molecule has 1 fully saturated rings. The van der Waals surface area contributed by atoms with E-state index in [1.807, 2.05) is 32.6 Å². The summed E-state index contributed by atoms with van der Waals surface area (Å²) >= 11 is -1.39. The number of nitrogens with zero attached hydrogens (tertiary/aromatic N) is 4. The lowest BCUT2D eigenvalue weighted by Gasteiger charge is -2.36. The van der Waals surface area contributed by atoms with Gasteiger partial charge in [0, 0.05) is 55.5 Å². The smallest absolute Gasteiger partial charge is 0.409 e. The van der Waals surface area contributed by atoms with Crippen LogP contribution < -0.4 is 9.62 Å². The number of carbonyl (C=O) groups excluding carboxylic acids is 1. The van der Waals surface area contributed by atoms with Crippen molar-refractivity contribution in [1.29, 1.82) is 0 Å². The van der Waals surface area contributed by atoms with Crippen molar-refractivity contribution in [2.24, 2.45) is 0 Å². The molecule has 1 aromatic carbocycles. The van der Waals surface area contributed by atoms with Crippen LogP contribution in [-0.4, -0.2) is 63.0 Å². The van der Waals surface area contributed by atoms with Gasteiger partial charge in [-0.3, -0.25) is 0 Å². The quantitative estimate of drug-likeness (QED) is 0.428. The zero-order valence-electron chi connectivity index (χ0n) is 21.2. The number of hydrogen-bond acceptors (Lipinski definition) is 7. The molecule has 2 atom stereocenters. The van der Waals surface area contributed by atoms with E-state index in [2.05, 4.69) is 21.6 Å². The third-order valence-corrected chi connectivity index (χ3v) is 7.74. The summed E-state index contributed by atoms with van der Waals surface area (Å²) in [7, 11) is 0. The van der Waals surface area contributed by atoms with Crippen molar-refractivity contribution in [1.82, 2.24) is 19.6 Å². The van der Waals surface area contributed by atoms with Gasteiger partial charge in [0.15, 0.2) is 0 Å². The first-order valence-corrected chi connectivity index (χ1v) is 13.1. The monoisotopic (exact) mass is 505 g/mol. The lowest BCUT2D eigenvalue weighted by Crippen LogP contribution is -2.51. The van der Waals surface area contributed by atoms with Crippen molar-refractivity contribution in [3.8, 4) is 0 Å². The van der Waals surface area contributed by atoms with E-state index in [-0.39, 0.29) is 11.9 Å². The van der Waals surface area contributed by atoms with Gasteiger partial charge in [0.25, 0.3) is 0 Å². The minimum Gasteiger partial charge on any atom is -0.598 e. The number of carbonyl (C=O) groups is 1. The molecule has 0 bridgehead atoms. The van der Waals surface area contributed by atoms with E-state index in [1.165, 1.54) is 12.1 Å². The fourth-order valence-electron chi connectivity index (χ4n) is 3.63. The second kappa shape index (κ2) is 11.5. The molecule has 192 valence electrons. The number of benzene rings is 1. The largest absolute Gasteiger partial charge is 0.598 e. The molecular formula is C25H36FN5O3S. The Morgan fingerprint density at radius 3 is 2.23 bits per heavy atom. The summed E-state index contributed by atoms with van der Waals surface area (Å²) in [5.74, 6) is 0.221. The van der Waals surface area contributed by atoms with E-state index in [1.54, 1.807) is 29.4 Å². The third-order valence-electron chi connectivity index (χ3n) is 6.03. The van der Waals surface area contributed by atoms with E-state index >= 15 is 0 Å². The van der Waals surface area contributed by atoms with Crippen LogP contribution in [-0.2, 0) is 21.6 Å². The first kappa shape index (κ1) is 27.2. The molecule has 1 N–H and O–H groups in total. The fraction of sp³-hybridized carbons (Fsp3) is 0.560. The van der Waals surface area contributed by atoms with Crippen molar-refractivity contribution in [3.63, 3.8) is 0 Å². The maximum absolute atomic E-state index is 13.6. The average molecular weight is 506 g/mol. The van der Waals surface area contributed by atoms with Gasteiger partial charge in [-0.05, 0) is 51.8 Å². The molecule has 1 amide bonds. The summed E-state index contributed by atoms with van der Waals surface area (Å²) < 4.78 is 34.6. The lowest BCUT2D eigenvalue weighted by molar-refractivity contribution is 0.0988. The van der Waals surface area contributed by atoms with Crippen LogP contribution in [0.3, 0.4) is 0 Å². The standard InChI is InChI=1S/C25H36FN5O3S/c1-6-7-16-34-23(32)31-14-12-30(13-15-31)22-27-17-20(18-28-22)25(5,29-35(33)24(2,3)4)19-8-10-21(26)11-9-19/h8-11,17-18,29H,6-7,12-16H2,1-5H3/t25-,35-/m0/s1. The second-order valence-corrected chi connectivity index (χ2v) is 11.8. The van der Waals surface area contributed by atoms with Crippen LogP contribution in [0.15, 0.2) is 36.7 Å². The molecule has 1 aliphatic rings. The summed E-state index contributed by atoms with van der Waals surface area (Å²) in [6.07, 6.45) is 4.99. The molecule has 0 unspecified atom stereocenters. The Bertz CT molecular complexity index is 963. The Balaban J connectivity index is 1.74. The van der Waals surface area contributed by atoms with Gasteiger partial charge in [-0.1, -0.05) is 25.5 Å². The van der Waals surface area contributed by atoms with Crippen LogP contribution in [0.4, 0.5) is 15.1 Å². The van der Waals surface area contributed by atoms with Crippen LogP contribution in [0.1, 0.15) is 58.6 Å². The van der Waals surface area contributed by atoms with Crippen LogP contribution in [0, 0.1) is 5.82 Å². The summed E-state index contributed by atoms with van der Waals surface area (Å²) in [4.78, 5) is 25.1. The van der Waals surface area contributed by atoms with Gasteiger partial charge in [0.1, 0.15) is 16.1 Å². The number of anilines is 1. The number of aromatic nitrogens is 2. The van der Waals surface area contributed by atoms with Gasteiger partial charge in [0.2, 0.25) is 5.95 Å². The summed E-state index contributed by atoms with van der Waals surface area (Å²) in [6, 6.07) is 6.12. The molecule has 10 heteroatoms. The highest BCUT2D eigenvalue weighted by Crippen LogP contribution is 2.32. The number of nitrogens with one attached hydrogen (secondary N) is 1. The first-order valence-electron chi connectivity index (χ1n) is 12.0. The fourth-order valence-corrected chi connectivity index (χ4v) is 4.55. The zero-order valence-corrected chi connectivity index (χ0v) is 22.0. The SMILES string of the molecule is CCCCOC(=O)N1CCN(c2ncc([C@@](C)(N[S@@+]([O-])C(C)(C)C)c3ccc(F)cc3)cn2)CC1. The average Bonchev–Trinajstić information content (AvgIpc) is 2.84. The van der Waals surface area contributed by atoms with Gasteiger partial charge in [-0.25, -0.2) is 19.2 Å². The topological polar surface area (TPSA) is 93.7 Å². The van der Waals surface area contributed by atoms with Crippen molar-refractivity contribution in [2.75, 3.05) is 37.7 Å². The van der Waals surface area contributed by atoms with Gasteiger partial charge >= 0.3 is 6.09 Å². The van der Waals surface area contributed by atoms with Gasteiger partial charge in [-0.2, -0.15) is 0 Å². The van der Waals surface area contributed by atoms with Crippen LogP contribution in [0.2, 0.25) is 0 Å². The Morgan fingerprint density at radius 2 is 1.69 bits per heavy atom. The molecule has 1 saturated heterocycles. The molecular weight excluding hydrogens is 469 g/mol. The number of hydrogen-bond donors (Lipinski definition) is 1. The van der Waals surface area contributed by atoms with Crippen molar-refractivity contribution >= 4 is 23.4 Å². The molecule has 35 heavy (non-hydrogen) atoms. The van der Waals surface area contributed by atoms with Gasteiger partial charge in [0.05, 0.1) is 6.61 Å². The van der Waals surface area contributed by atoms with E-state index in [9.17, 15) is 13.7 Å². The molecule has 0 saturated carbocycles. The number of amides is 1. The Hall–Kier alpha value is -2.43. The minimum atomic E-state index is -1.39. The number of rotatable bonds is 8. The first-order chi connectivity index (χ1) is 16.5. The molecule has 1 aliphatic heterocycles. The van der Waals surface area contributed by atoms with E-state index in [0.29, 0.717) is 44.3 Å². The Morgan fingerprint density at radius 1 is 1.09 bits per heavy atom. The van der Waals surface area contributed by atoms with Crippen LogP contribution >= 0.6 is 0 Å². The molecule has 0 spiro atoms. The Labute approximate surface area is 210 Å². The highest BCUT2D eigenvalue weighted by molar-refractivity contribution is 7.90. The zero-order chi connectivity index (χ0) is 25.6. The minimum absolute atomic E-state index is 0.276. The molecule has 3 rings (SSSR count). The highest BCUT2D eigenvalue weighted by Gasteiger charge is 2.39. The predicted molar refractivity (Wildman–Crippen MR) is 136 cm³/mol. The summed E-state index contributed by atoms with van der Waals surface area (Å²) in [5.41, 5.74) is 0.567. The number of piperazine rings is 1. The van der Waals surface area contributed by atoms with Crippen molar-refractivity contribution < 1.29 is 18.5 Å². The van der Waals surface area contributed by atoms with E-state index < -0.39 is 21.6 Å². The number of ether oxygens (including phenoxy) is 1. The normalized spacial score (nSPS) is 17.1. The maximum Gasteiger partial charge on any atom is 0.409 e. The molecule has 8 nitrogen and oxygen atoms in total. The Kier molecular flexibility index (Phi) is 8.95. The highest BCUT2D eigenvalue weighted by atomic mass is 32.2. The lowest BCUT2D eigenvalue weighted by atomic mass is 9.87. The molecule has 0 aliphatic carbocycles. The third kappa shape index (κ3) is 6.83. The summed E-state index contributed by atoms with van der Waals surface area (Å²) in [6.45, 7) is 12.3. The van der Waals surface area contributed by atoms with E-state index in [0.717, 1.165) is 18.4 Å². The van der Waals surface area contributed by atoms with Gasteiger partial charge in [-0.15, -0.1) is 4.72 Å².